The number of imidazole rings is 1. The van der Waals surface area contributed by atoms with Crippen molar-refractivity contribution < 1.29 is 19.1 Å². The number of benzene rings is 3. The average Bonchev–Trinajstić information content (AvgIpc) is 3.94. The molecular formula is C37H33BrN6O6S. The molecule has 51 heavy (non-hydrogen) atoms. The van der Waals surface area contributed by atoms with E-state index in [1.165, 1.54) is 27.1 Å². The third-order valence-electron chi connectivity index (χ3n) is 8.58. The number of carbonyl (C=O) groups is 2. The van der Waals surface area contributed by atoms with E-state index >= 15 is 0 Å². The van der Waals surface area contributed by atoms with Crippen LogP contribution in [0.4, 0.5) is 5.13 Å². The number of anilines is 1. The molecule has 6 aromatic rings. The molecule has 3 aromatic heterocycles. The summed E-state index contributed by atoms with van der Waals surface area (Å²) in [5.74, 6) is -1.41. The number of fused-ring (bicyclic) bond motifs is 1. The van der Waals surface area contributed by atoms with Crippen LogP contribution >= 0.6 is 27.3 Å². The molecule has 1 fully saturated rings. The lowest BCUT2D eigenvalue weighted by atomic mass is 10.2. The van der Waals surface area contributed by atoms with Crippen LogP contribution in [0.25, 0.3) is 22.4 Å². The highest BCUT2D eigenvalue weighted by Crippen LogP contribution is 2.29. The number of thiazole rings is 1. The van der Waals surface area contributed by atoms with Crippen molar-refractivity contribution in [1.29, 1.82) is 0 Å². The third kappa shape index (κ3) is 7.77. The second kappa shape index (κ2) is 15.4. The summed E-state index contributed by atoms with van der Waals surface area (Å²) in [6.07, 6.45) is 3.01. The van der Waals surface area contributed by atoms with Gasteiger partial charge in [0.2, 0.25) is 0 Å². The molecule has 12 nitrogen and oxygen atoms in total. The number of esters is 1. The van der Waals surface area contributed by atoms with Crippen LogP contribution in [0, 0.1) is 0 Å². The van der Waals surface area contributed by atoms with Gasteiger partial charge in [-0.15, -0.1) is 11.3 Å². The maximum absolute atomic E-state index is 13.9. The Morgan fingerprint density at radius 1 is 0.941 bits per heavy atom. The number of rotatable bonds is 12. The SMILES string of the molecule is O=C(Cn1c(=O)c2c(ncn2Cc2ccccc2)n(Cc2ccccc2)c1=O)OCC(=O)N(CC1CCCO1)c1nc(-c2ccc(Br)cc2)cs1. The summed E-state index contributed by atoms with van der Waals surface area (Å²) in [5.41, 5.74) is 2.32. The summed E-state index contributed by atoms with van der Waals surface area (Å²) in [6, 6.07) is 26.5. The normalized spacial score (nSPS) is 14.2. The van der Waals surface area contributed by atoms with Gasteiger partial charge in [0.1, 0.15) is 6.54 Å². The largest absolute Gasteiger partial charge is 0.454 e. The summed E-state index contributed by atoms with van der Waals surface area (Å²) >= 11 is 4.75. The maximum atomic E-state index is 13.9. The topological polar surface area (TPSA) is 131 Å². The lowest BCUT2D eigenvalue weighted by molar-refractivity contribution is -0.148. The first-order chi connectivity index (χ1) is 24.8. The number of ether oxygens (including phenoxy) is 2. The van der Waals surface area contributed by atoms with Crippen molar-refractivity contribution in [2.75, 3.05) is 24.7 Å². The van der Waals surface area contributed by atoms with Gasteiger partial charge in [-0.3, -0.25) is 23.9 Å². The standard InChI is InChI=1S/C37H33BrN6O6S/c38-28-15-13-27(14-16-28)30-23-51-36(40-30)42(20-29-12-7-17-49-29)31(45)22-50-32(46)21-44-35(47)33-34(39-24-41(33)18-25-8-3-1-4-9-25)43(37(44)48)19-26-10-5-2-6-11-26/h1-6,8-11,13-16,23-24,29H,7,12,17-22H2. The summed E-state index contributed by atoms with van der Waals surface area (Å²) in [6.45, 7) is 0.00349. The van der Waals surface area contributed by atoms with E-state index in [1.54, 1.807) is 4.57 Å². The Kier molecular flexibility index (Phi) is 10.3. The van der Waals surface area contributed by atoms with E-state index in [2.05, 4.69) is 20.9 Å². The molecule has 0 aliphatic carbocycles. The fraction of sp³-hybridized carbons (Fsp3) is 0.243. The van der Waals surface area contributed by atoms with Gasteiger partial charge in [-0.1, -0.05) is 88.7 Å². The molecule has 1 atom stereocenters. The van der Waals surface area contributed by atoms with Crippen molar-refractivity contribution in [1.82, 2.24) is 23.7 Å². The summed E-state index contributed by atoms with van der Waals surface area (Å²) in [5, 5.41) is 2.31. The molecule has 0 saturated carbocycles. The minimum absolute atomic E-state index is 0.126. The minimum atomic E-state index is -0.908. The fourth-order valence-electron chi connectivity index (χ4n) is 6.00. The Morgan fingerprint density at radius 3 is 2.33 bits per heavy atom. The van der Waals surface area contributed by atoms with Gasteiger partial charge in [0, 0.05) is 28.6 Å². The Bertz CT molecular complexity index is 2280. The first-order valence-corrected chi connectivity index (χ1v) is 18.1. The van der Waals surface area contributed by atoms with Crippen LogP contribution in [0.3, 0.4) is 0 Å². The van der Waals surface area contributed by atoms with E-state index < -0.39 is 36.3 Å². The van der Waals surface area contributed by atoms with E-state index in [0.717, 1.165) is 38.6 Å². The van der Waals surface area contributed by atoms with Crippen molar-refractivity contribution in [2.24, 2.45) is 0 Å². The van der Waals surface area contributed by atoms with Crippen LogP contribution in [-0.4, -0.2) is 61.4 Å². The van der Waals surface area contributed by atoms with Crippen LogP contribution in [0.5, 0.6) is 0 Å². The van der Waals surface area contributed by atoms with Crippen LogP contribution in [-0.2, 0) is 38.7 Å². The molecule has 1 aliphatic heterocycles. The summed E-state index contributed by atoms with van der Waals surface area (Å²) < 4.78 is 16.1. The summed E-state index contributed by atoms with van der Waals surface area (Å²) in [4.78, 5) is 65.3. The number of aromatic nitrogens is 5. The molecule has 0 spiro atoms. The molecule has 0 radical (unpaired) electrons. The number of carbonyl (C=O) groups excluding carboxylic acids is 2. The van der Waals surface area contributed by atoms with Gasteiger partial charge in [-0.05, 0) is 36.1 Å². The lowest BCUT2D eigenvalue weighted by Gasteiger charge is -2.23. The van der Waals surface area contributed by atoms with Crippen molar-refractivity contribution in [3.63, 3.8) is 0 Å². The Balaban J connectivity index is 1.14. The molecule has 7 rings (SSSR count). The molecule has 260 valence electrons. The number of hydrogen-bond donors (Lipinski definition) is 0. The van der Waals surface area contributed by atoms with Gasteiger partial charge in [0.15, 0.2) is 22.9 Å². The van der Waals surface area contributed by atoms with E-state index in [-0.39, 0.29) is 30.4 Å². The zero-order valence-corrected chi connectivity index (χ0v) is 29.8. The Hall–Kier alpha value is -5.18. The number of halogens is 1. The van der Waals surface area contributed by atoms with Gasteiger partial charge >= 0.3 is 11.7 Å². The molecule has 1 amide bonds. The highest BCUT2D eigenvalue weighted by Gasteiger charge is 2.28. The van der Waals surface area contributed by atoms with E-state index in [0.29, 0.717) is 24.0 Å². The van der Waals surface area contributed by atoms with Crippen molar-refractivity contribution in [2.45, 2.75) is 38.6 Å². The van der Waals surface area contributed by atoms with Gasteiger partial charge in [0.25, 0.3) is 11.5 Å². The second-order valence-corrected chi connectivity index (χ2v) is 13.9. The van der Waals surface area contributed by atoms with Gasteiger partial charge in [-0.25, -0.2) is 19.3 Å². The van der Waals surface area contributed by atoms with E-state index in [9.17, 15) is 19.2 Å². The zero-order valence-electron chi connectivity index (χ0n) is 27.4. The number of hydrogen-bond acceptors (Lipinski definition) is 9. The van der Waals surface area contributed by atoms with Crippen molar-refractivity contribution in [3.05, 3.63) is 133 Å². The van der Waals surface area contributed by atoms with Crippen molar-refractivity contribution in [3.8, 4) is 11.3 Å². The highest BCUT2D eigenvalue weighted by molar-refractivity contribution is 9.10. The van der Waals surface area contributed by atoms with Crippen LogP contribution < -0.4 is 16.1 Å². The Morgan fingerprint density at radius 2 is 1.65 bits per heavy atom. The molecule has 0 N–H and O–H groups in total. The highest BCUT2D eigenvalue weighted by atomic mass is 79.9. The molecule has 14 heteroatoms. The second-order valence-electron chi connectivity index (χ2n) is 12.1. The smallest absolute Gasteiger partial charge is 0.333 e. The first-order valence-electron chi connectivity index (χ1n) is 16.4. The van der Waals surface area contributed by atoms with E-state index in [1.807, 2.05) is 90.3 Å². The molecule has 1 unspecified atom stereocenters. The third-order valence-corrected chi connectivity index (χ3v) is 9.97. The molecule has 0 bridgehead atoms. The van der Waals surface area contributed by atoms with E-state index in [4.69, 9.17) is 14.5 Å². The Labute approximate surface area is 304 Å². The predicted octanol–water partition coefficient (Wildman–Crippen LogP) is 5.10. The zero-order chi connectivity index (χ0) is 35.3. The van der Waals surface area contributed by atoms with Gasteiger partial charge in [-0.2, -0.15) is 0 Å². The lowest BCUT2D eigenvalue weighted by Crippen LogP contribution is -2.43. The molecule has 3 aromatic carbocycles. The summed E-state index contributed by atoms with van der Waals surface area (Å²) in [7, 11) is 0. The van der Waals surface area contributed by atoms with Gasteiger partial charge < -0.3 is 14.0 Å². The molecule has 1 aliphatic rings. The molecule has 1 saturated heterocycles. The number of amides is 1. The van der Waals surface area contributed by atoms with Crippen molar-refractivity contribution >= 4 is 55.4 Å². The van der Waals surface area contributed by atoms with Gasteiger partial charge in [0.05, 0.1) is 31.2 Å². The van der Waals surface area contributed by atoms with Crippen LogP contribution in [0.2, 0.25) is 0 Å². The first kappa shape index (κ1) is 34.3. The average molecular weight is 770 g/mol. The van der Waals surface area contributed by atoms with Crippen LogP contribution in [0.15, 0.2) is 111 Å². The maximum Gasteiger partial charge on any atom is 0.333 e. The molecular weight excluding hydrogens is 736 g/mol. The predicted molar refractivity (Wildman–Crippen MR) is 197 cm³/mol. The number of nitrogens with zero attached hydrogens (tertiary/aromatic N) is 6. The fourth-order valence-corrected chi connectivity index (χ4v) is 7.13. The molecule has 4 heterocycles. The minimum Gasteiger partial charge on any atom is -0.454 e. The van der Waals surface area contributed by atoms with Crippen LogP contribution in [0.1, 0.15) is 24.0 Å². The quantitative estimate of drug-likeness (QED) is 0.157. The monoisotopic (exact) mass is 768 g/mol.